The minimum atomic E-state index is -0.827. The molecule has 0 bridgehead atoms. The Morgan fingerprint density at radius 3 is 2.42 bits per heavy atom. The predicted molar refractivity (Wildman–Crippen MR) is 270 cm³/mol. The van der Waals surface area contributed by atoms with Crippen LogP contribution in [0.15, 0.2) is 66.1 Å². The van der Waals surface area contributed by atoms with Crippen LogP contribution in [0.2, 0.25) is 0 Å². The Morgan fingerprint density at radius 2 is 1.68 bits per heavy atom. The van der Waals surface area contributed by atoms with E-state index in [1.165, 1.54) is 39.8 Å². The summed E-state index contributed by atoms with van der Waals surface area (Å²) < 4.78 is 55.3. The zero-order valence-corrected chi connectivity index (χ0v) is 41.9. The number of hydrogen-bond acceptors (Lipinski definition) is 11. The Bertz CT molecular complexity index is 3050. The molecule has 4 amide bonds. The number of rotatable bonds is 16. The molecule has 18 heteroatoms. The first-order valence-electron chi connectivity index (χ1n) is 25.5. The van der Waals surface area contributed by atoms with Crippen molar-refractivity contribution in [2.75, 3.05) is 50.8 Å². The highest BCUT2D eigenvalue weighted by Crippen LogP contribution is 2.40. The highest BCUT2D eigenvalue weighted by Gasteiger charge is 2.41. The van der Waals surface area contributed by atoms with Gasteiger partial charge in [0.1, 0.15) is 34.9 Å². The number of amides is 4. The van der Waals surface area contributed by atoms with Gasteiger partial charge >= 0.3 is 5.69 Å². The van der Waals surface area contributed by atoms with Gasteiger partial charge in [0.15, 0.2) is 11.5 Å². The first-order chi connectivity index (χ1) is 35.1. The van der Waals surface area contributed by atoms with Crippen molar-refractivity contribution in [1.29, 1.82) is 0 Å². The number of piperidine rings is 2. The fourth-order valence-corrected chi connectivity index (χ4v) is 11.1. The molecule has 3 saturated heterocycles. The lowest BCUT2D eigenvalue weighted by molar-refractivity contribution is -0.137. The molecule has 15 nitrogen and oxygen atoms in total. The lowest BCUT2D eigenvalue weighted by Crippen LogP contribution is -2.54. The molecule has 2 atom stereocenters. The molecule has 7 heterocycles. The molecule has 3 aromatic heterocycles. The van der Waals surface area contributed by atoms with Gasteiger partial charge in [-0.15, -0.1) is 0 Å². The summed E-state index contributed by atoms with van der Waals surface area (Å²) >= 11 is 0. The van der Waals surface area contributed by atoms with Gasteiger partial charge in [0.05, 0.1) is 28.9 Å². The smallest absolute Gasteiger partial charge is 0.355 e. The van der Waals surface area contributed by atoms with Crippen LogP contribution in [0.4, 0.5) is 19.0 Å². The van der Waals surface area contributed by atoms with Crippen molar-refractivity contribution in [3.8, 4) is 22.7 Å². The lowest BCUT2D eigenvalue weighted by Gasteiger charge is -2.40. The normalized spacial score (nSPS) is 18.7. The molecule has 9 rings (SSSR count). The topological polar surface area (TPSA) is 163 Å². The largest absolute Gasteiger partial charge is 0.493 e. The van der Waals surface area contributed by atoms with E-state index < -0.39 is 35.1 Å². The number of nitrogens with zero attached hydrogens (tertiary/aromatic N) is 8. The number of hydrogen-bond donors (Lipinski definition) is 1. The lowest BCUT2D eigenvalue weighted by atomic mass is 9.85. The maximum Gasteiger partial charge on any atom is 0.355 e. The summed E-state index contributed by atoms with van der Waals surface area (Å²) in [6.45, 7) is 15.3. The van der Waals surface area contributed by atoms with E-state index in [2.05, 4.69) is 26.8 Å². The van der Waals surface area contributed by atoms with E-state index in [4.69, 9.17) is 9.72 Å². The zero-order chi connectivity index (χ0) is 51.7. The molecule has 4 aliphatic heterocycles. The number of piperazine rings is 1. The Labute approximate surface area is 422 Å². The first-order valence-corrected chi connectivity index (χ1v) is 25.5. The van der Waals surface area contributed by atoms with Crippen molar-refractivity contribution < 1.29 is 37.1 Å². The van der Waals surface area contributed by atoms with Gasteiger partial charge in [0, 0.05) is 50.4 Å². The van der Waals surface area contributed by atoms with Crippen LogP contribution in [0.5, 0.6) is 5.75 Å². The van der Waals surface area contributed by atoms with E-state index in [1.807, 2.05) is 32.6 Å². The van der Waals surface area contributed by atoms with Gasteiger partial charge in [0.2, 0.25) is 17.7 Å². The summed E-state index contributed by atoms with van der Waals surface area (Å²) in [6, 6.07) is 9.09. The van der Waals surface area contributed by atoms with Gasteiger partial charge in [-0.3, -0.25) is 29.5 Å². The molecule has 4 aliphatic rings. The van der Waals surface area contributed by atoms with Gasteiger partial charge in [-0.2, -0.15) is 4.98 Å². The van der Waals surface area contributed by atoms with Crippen molar-refractivity contribution in [3.05, 3.63) is 117 Å². The number of aryl methyl sites for hydroxylation is 1. The van der Waals surface area contributed by atoms with E-state index in [0.717, 1.165) is 74.8 Å². The molecule has 0 spiro atoms. The monoisotopic (exact) mass is 1000 g/mol. The van der Waals surface area contributed by atoms with Crippen molar-refractivity contribution in [1.82, 2.24) is 39.5 Å². The third-order valence-electron chi connectivity index (χ3n) is 14.9. The molecule has 384 valence electrons. The fourth-order valence-electron chi connectivity index (χ4n) is 11.1. The maximum atomic E-state index is 16.8. The molecule has 1 unspecified atom stereocenters. The van der Waals surface area contributed by atoms with Crippen LogP contribution in [-0.2, 0) is 20.9 Å². The maximum absolute atomic E-state index is 16.8. The standard InChI is InChI=1S/C55H62F3N9O6/c1-6-46(69)64-24-25-65(34(5)30-64)51-39-29-42(58)49(61-52(39)67(55(72)62-51)50-33(4)17-20-59-48(50)32(2)3)47-41(57)13-12-14-44(47)73-26-11-9-7-8-10-21-63-22-18-35(19-23-63)37-27-36(56)28-38-40(37)31-66(54(38)71)43-15-16-45(68)60-53(43)70/h6,12-14,17,20,27-29,32,34-35,43H,1,7-11,15-16,18-19,21-26,30-31H2,2-5H3,(H,60,68,70)/t34-,43?/m0/s1. The number of carbonyl (C=O) groups is 4. The molecule has 0 radical (unpaired) electrons. The SMILES string of the molecule is C=CC(=O)N1CCN(c2nc(=O)n(-c3c(C)ccnc3C(C)C)c3nc(-c4c(F)cccc4OCCCCCCCN4CCC(c5cc(F)cc6c5CN(C5CCC(=O)NC5=O)C6=O)CC4)c(F)cc23)[C@@H](C)C1. The highest BCUT2D eigenvalue weighted by atomic mass is 19.1. The van der Waals surface area contributed by atoms with Crippen LogP contribution in [0.3, 0.4) is 0 Å². The van der Waals surface area contributed by atoms with E-state index in [-0.39, 0.29) is 95.5 Å². The number of anilines is 1. The summed E-state index contributed by atoms with van der Waals surface area (Å²) in [5.41, 5.74) is 2.64. The van der Waals surface area contributed by atoms with Crippen molar-refractivity contribution >= 4 is 40.5 Å². The average Bonchev–Trinajstić information content (AvgIpc) is 3.69. The van der Waals surface area contributed by atoms with Crippen molar-refractivity contribution in [2.24, 2.45) is 0 Å². The Balaban J connectivity index is 0.835. The number of benzene rings is 2. The van der Waals surface area contributed by atoms with Crippen LogP contribution in [-0.4, -0.2) is 116 Å². The van der Waals surface area contributed by atoms with E-state index in [1.54, 1.807) is 29.3 Å². The molecule has 0 aliphatic carbocycles. The van der Waals surface area contributed by atoms with E-state index >= 15 is 8.78 Å². The number of ether oxygens (including phenoxy) is 1. The van der Waals surface area contributed by atoms with E-state index in [9.17, 15) is 28.4 Å². The minimum absolute atomic E-state index is 0.0762. The van der Waals surface area contributed by atoms with Gasteiger partial charge in [-0.25, -0.2) is 27.5 Å². The van der Waals surface area contributed by atoms with Crippen LogP contribution in [0, 0.1) is 24.4 Å². The fraction of sp³-hybridized carbons (Fsp3) is 0.455. The summed E-state index contributed by atoms with van der Waals surface area (Å²) in [7, 11) is 0. The Kier molecular flexibility index (Phi) is 15.1. The molecule has 73 heavy (non-hydrogen) atoms. The number of fused-ring (bicyclic) bond motifs is 2. The van der Waals surface area contributed by atoms with Crippen LogP contribution >= 0.6 is 0 Å². The molecular weight excluding hydrogens is 940 g/mol. The molecule has 2 aromatic carbocycles. The molecular formula is C55H62F3N9O6. The number of unbranched alkanes of at least 4 members (excludes halogenated alkanes) is 4. The van der Waals surface area contributed by atoms with Gasteiger partial charge < -0.3 is 24.3 Å². The Morgan fingerprint density at radius 1 is 0.918 bits per heavy atom. The minimum Gasteiger partial charge on any atom is -0.493 e. The van der Waals surface area contributed by atoms with Gasteiger partial charge in [-0.05, 0) is 137 Å². The number of aromatic nitrogens is 4. The van der Waals surface area contributed by atoms with Gasteiger partial charge in [-0.1, -0.05) is 45.8 Å². The van der Waals surface area contributed by atoms with E-state index in [0.29, 0.717) is 43.0 Å². The summed E-state index contributed by atoms with van der Waals surface area (Å²) in [5.74, 6) is -3.16. The molecule has 3 fully saturated rings. The molecule has 5 aromatic rings. The number of likely N-dealkylation sites (tertiary alicyclic amines) is 1. The summed E-state index contributed by atoms with van der Waals surface area (Å²) in [5, 5.41) is 2.57. The zero-order valence-electron chi connectivity index (χ0n) is 41.9. The quantitative estimate of drug-likeness (QED) is 0.0581. The van der Waals surface area contributed by atoms with Crippen LogP contribution in [0.1, 0.15) is 123 Å². The number of imide groups is 1. The number of pyridine rings is 2. The summed E-state index contributed by atoms with van der Waals surface area (Å²) in [6.07, 6.45) is 9.42. The summed E-state index contributed by atoms with van der Waals surface area (Å²) in [4.78, 5) is 86.0. The molecule has 0 saturated carbocycles. The number of carbonyl (C=O) groups excluding carboxylic acids is 4. The molecule has 1 N–H and O–H groups in total. The number of halogens is 3. The van der Waals surface area contributed by atoms with Crippen LogP contribution < -0.4 is 20.6 Å². The van der Waals surface area contributed by atoms with Crippen molar-refractivity contribution in [3.63, 3.8) is 0 Å². The average molecular weight is 1000 g/mol. The van der Waals surface area contributed by atoms with Crippen molar-refractivity contribution in [2.45, 2.75) is 116 Å². The second-order valence-corrected chi connectivity index (χ2v) is 20.1. The first kappa shape index (κ1) is 51.0. The Hall–Kier alpha value is -6.95. The number of nitrogens with one attached hydrogen (secondary N) is 1. The highest BCUT2D eigenvalue weighted by molar-refractivity contribution is 6.05. The van der Waals surface area contributed by atoms with Gasteiger partial charge in [0.25, 0.3) is 5.91 Å². The second-order valence-electron chi connectivity index (χ2n) is 20.1. The third kappa shape index (κ3) is 10.4. The third-order valence-corrected chi connectivity index (χ3v) is 14.9. The predicted octanol–water partition coefficient (Wildman–Crippen LogP) is 7.88. The second kappa shape index (κ2) is 21.6. The van der Waals surface area contributed by atoms with Crippen LogP contribution in [0.25, 0.3) is 28.0 Å².